The first-order chi connectivity index (χ1) is 15.2. The molecular weight excluding hydrogens is 394 g/mol. The van der Waals surface area contributed by atoms with Gasteiger partial charge in [-0.1, -0.05) is 24.3 Å². The van der Waals surface area contributed by atoms with Gasteiger partial charge in [-0.15, -0.1) is 5.10 Å². The van der Waals surface area contributed by atoms with Gasteiger partial charge in [0, 0.05) is 31.3 Å². The molecule has 0 spiro atoms. The standard InChI is InChI=1S/C23H23N5O3/c24-13-16-1-6-20(17-2-4-18(5-3-17)21(29)14-25)22(11-16)31-19-12-23(27-26-15-19)28-7-9-30-10-8-28/h1-6,11-12,15,21,29H,7-10,14,25H2. The molecule has 31 heavy (non-hydrogen) atoms. The van der Waals surface area contributed by atoms with Crippen LogP contribution in [0.3, 0.4) is 0 Å². The van der Waals surface area contributed by atoms with Gasteiger partial charge in [0.2, 0.25) is 0 Å². The van der Waals surface area contributed by atoms with E-state index in [1.807, 2.05) is 36.4 Å². The van der Waals surface area contributed by atoms with Crippen LogP contribution < -0.4 is 15.4 Å². The number of aliphatic hydroxyl groups is 1. The predicted octanol–water partition coefficient (Wildman–Crippen LogP) is 2.64. The molecule has 0 saturated carbocycles. The van der Waals surface area contributed by atoms with Gasteiger partial charge in [0.25, 0.3) is 0 Å². The van der Waals surface area contributed by atoms with E-state index in [0.29, 0.717) is 30.3 Å². The van der Waals surface area contributed by atoms with Crippen LogP contribution >= 0.6 is 0 Å². The molecule has 2 aromatic carbocycles. The number of benzene rings is 2. The molecule has 0 amide bonds. The van der Waals surface area contributed by atoms with Gasteiger partial charge in [-0.3, -0.25) is 0 Å². The Morgan fingerprint density at radius 3 is 2.65 bits per heavy atom. The number of aromatic nitrogens is 2. The third-order valence-corrected chi connectivity index (χ3v) is 5.12. The van der Waals surface area contributed by atoms with Crippen LogP contribution in [0.25, 0.3) is 11.1 Å². The number of nitrogens with two attached hydrogens (primary N) is 1. The fraction of sp³-hybridized carbons (Fsp3) is 0.261. The number of rotatable bonds is 6. The zero-order valence-corrected chi connectivity index (χ0v) is 16.9. The molecule has 1 aliphatic heterocycles. The minimum Gasteiger partial charge on any atom is -0.455 e. The van der Waals surface area contributed by atoms with Crippen LogP contribution in [0.2, 0.25) is 0 Å². The van der Waals surface area contributed by atoms with Gasteiger partial charge >= 0.3 is 0 Å². The maximum atomic E-state index is 9.93. The Bertz CT molecular complexity index is 1080. The van der Waals surface area contributed by atoms with E-state index in [-0.39, 0.29) is 6.54 Å². The highest BCUT2D eigenvalue weighted by Crippen LogP contribution is 2.35. The first kappa shape index (κ1) is 20.8. The Morgan fingerprint density at radius 2 is 1.94 bits per heavy atom. The Kier molecular flexibility index (Phi) is 6.38. The SMILES string of the molecule is N#Cc1ccc(-c2ccc(C(O)CN)cc2)c(Oc2cnnc(N3CCOCC3)c2)c1. The number of nitrogens with zero attached hydrogens (tertiary/aromatic N) is 4. The molecular formula is C23H23N5O3. The largest absolute Gasteiger partial charge is 0.455 e. The van der Waals surface area contributed by atoms with Gasteiger partial charge in [-0.2, -0.15) is 10.4 Å². The molecule has 1 fully saturated rings. The van der Waals surface area contributed by atoms with E-state index < -0.39 is 6.10 Å². The normalized spacial score (nSPS) is 14.7. The second-order valence-electron chi connectivity index (χ2n) is 7.15. The van der Waals surface area contributed by atoms with Gasteiger partial charge in [0.1, 0.15) is 5.75 Å². The number of hydrogen-bond acceptors (Lipinski definition) is 8. The maximum Gasteiger partial charge on any atom is 0.155 e. The first-order valence-corrected chi connectivity index (χ1v) is 10.0. The second kappa shape index (κ2) is 9.53. The molecule has 3 aromatic rings. The molecule has 0 aliphatic carbocycles. The van der Waals surface area contributed by atoms with Crippen LogP contribution in [0.4, 0.5) is 5.82 Å². The lowest BCUT2D eigenvalue weighted by Crippen LogP contribution is -2.36. The number of nitriles is 1. The van der Waals surface area contributed by atoms with E-state index >= 15 is 0 Å². The minimum atomic E-state index is -0.702. The van der Waals surface area contributed by atoms with E-state index in [2.05, 4.69) is 21.2 Å². The minimum absolute atomic E-state index is 0.158. The van der Waals surface area contributed by atoms with E-state index in [4.69, 9.17) is 15.2 Å². The molecule has 1 atom stereocenters. The highest BCUT2D eigenvalue weighted by atomic mass is 16.5. The van der Waals surface area contributed by atoms with Crippen molar-refractivity contribution >= 4 is 5.82 Å². The number of morpholine rings is 1. The van der Waals surface area contributed by atoms with Crippen molar-refractivity contribution < 1.29 is 14.6 Å². The van der Waals surface area contributed by atoms with Crippen molar-refractivity contribution in [2.75, 3.05) is 37.7 Å². The molecule has 1 unspecified atom stereocenters. The zero-order valence-electron chi connectivity index (χ0n) is 16.9. The third-order valence-electron chi connectivity index (χ3n) is 5.12. The van der Waals surface area contributed by atoms with E-state index in [0.717, 1.165) is 35.6 Å². The second-order valence-corrected chi connectivity index (χ2v) is 7.15. The summed E-state index contributed by atoms with van der Waals surface area (Å²) in [5.74, 6) is 1.79. The van der Waals surface area contributed by atoms with Crippen molar-refractivity contribution in [3.63, 3.8) is 0 Å². The van der Waals surface area contributed by atoms with Crippen molar-refractivity contribution in [2.45, 2.75) is 6.10 Å². The lowest BCUT2D eigenvalue weighted by Gasteiger charge is -2.27. The molecule has 1 saturated heterocycles. The van der Waals surface area contributed by atoms with Crippen molar-refractivity contribution in [3.8, 4) is 28.7 Å². The molecule has 1 aromatic heterocycles. The van der Waals surface area contributed by atoms with Crippen molar-refractivity contribution in [3.05, 3.63) is 65.9 Å². The molecule has 8 nitrogen and oxygen atoms in total. The van der Waals surface area contributed by atoms with E-state index in [9.17, 15) is 10.4 Å². The number of aliphatic hydroxyl groups excluding tert-OH is 1. The van der Waals surface area contributed by atoms with Gasteiger partial charge < -0.3 is 25.2 Å². The average molecular weight is 417 g/mol. The summed E-state index contributed by atoms with van der Waals surface area (Å²) in [5, 5.41) is 27.6. The third kappa shape index (κ3) is 4.81. The fourth-order valence-electron chi connectivity index (χ4n) is 3.40. The quantitative estimate of drug-likeness (QED) is 0.629. The number of anilines is 1. The van der Waals surface area contributed by atoms with Gasteiger partial charge in [0.05, 0.1) is 37.1 Å². The summed E-state index contributed by atoms with van der Waals surface area (Å²) in [4.78, 5) is 2.09. The van der Waals surface area contributed by atoms with Crippen LogP contribution in [-0.4, -0.2) is 48.2 Å². The average Bonchev–Trinajstić information content (AvgIpc) is 2.84. The molecule has 4 rings (SSSR count). The summed E-state index contributed by atoms with van der Waals surface area (Å²) in [5.41, 5.74) is 8.48. The van der Waals surface area contributed by atoms with Crippen LogP contribution in [0.5, 0.6) is 11.5 Å². The highest BCUT2D eigenvalue weighted by molar-refractivity contribution is 5.72. The van der Waals surface area contributed by atoms with Crippen molar-refractivity contribution in [1.29, 1.82) is 5.26 Å². The Balaban J connectivity index is 1.64. The Hall–Kier alpha value is -3.51. The monoisotopic (exact) mass is 417 g/mol. The summed E-state index contributed by atoms with van der Waals surface area (Å²) in [7, 11) is 0. The molecule has 1 aliphatic rings. The smallest absolute Gasteiger partial charge is 0.155 e. The topological polar surface area (TPSA) is 118 Å². The number of ether oxygens (including phenoxy) is 2. The van der Waals surface area contributed by atoms with Crippen LogP contribution in [0.1, 0.15) is 17.2 Å². The van der Waals surface area contributed by atoms with Gasteiger partial charge in [-0.05, 0) is 29.3 Å². The molecule has 2 heterocycles. The maximum absolute atomic E-state index is 9.93. The van der Waals surface area contributed by atoms with Gasteiger partial charge in [0.15, 0.2) is 11.6 Å². The first-order valence-electron chi connectivity index (χ1n) is 10.0. The predicted molar refractivity (Wildman–Crippen MR) is 116 cm³/mol. The highest BCUT2D eigenvalue weighted by Gasteiger charge is 2.15. The van der Waals surface area contributed by atoms with Crippen molar-refractivity contribution in [1.82, 2.24) is 10.2 Å². The zero-order chi connectivity index (χ0) is 21.6. The fourth-order valence-corrected chi connectivity index (χ4v) is 3.40. The summed E-state index contributed by atoms with van der Waals surface area (Å²) < 4.78 is 11.5. The molecule has 0 radical (unpaired) electrons. The lowest BCUT2D eigenvalue weighted by atomic mass is 10.00. The van der Waals surface area contributed by atoms with Crippen LogP contribution in [0, 0.1) is 11.3 Å². The van der Waals surface area contributed by atoms with Crippen LogP contribution in [-0.2, 0) is 4.74 Å². The Morgan fingerprint density at radius 1 is 1.16 bits per heavy atom. The Labute approximate surface area is 180 Å². The molecule has 0 bridgehead atoms. The summed E-state index contributed by atoms with van der Waals surface area (Å²) >= 11 is 0. The molecule has 3 N–H and O–H groups in total. The summed E-state index contributed by atoms with van der Waals surface area (Å²) in [6.07, 6.45) is 0.847. The number of hydrogen-bond donors (Lipinski definition) is 2. The summed E-state index contributed by atoms with van der Waals surface area (Å²) in [6, 6.07) is 16.7. The molecule has 8 heteroatoms. The lowest BCUT2D eigenvalue weighted by molar-refractivity contribution is 0.122. The van der Waals surface area contributed by atoms with E-state index in [1.54, 1.807) is 18.3 Å². The van der Waals surface area contributed by atoms with E-state index in [1.165, 1.54) is 0 Å². The summed E-state index contributed by atoms with van der Waals surface area (Å²) in [6.45, 7) is 2.94. The van der Waals surface area contributed by atoms with Crippen molar-refractivity contribution in [2.24, 2.45) is 5.73 Å². The van der Waals surface area contributed by atoms with Crippen LogP contribution in [0.15, 0.2) is 54.7 Å². The molecule has 158 valence electrons. The van der Waals surface area contributed by atoms with Gasteiger partial charge in [-0.25, -0.2) is 0 Å².